The fraction of sp³-hybridized carbons (Fsp3) is 0.133. The van der Waals surface area contributed by atoms with Crippen molar-refractivity contribution in [3.8, 4) is 0 Å². The van der Waals surface area contributed by atoms with Crippen LogP contribution in [0.4, 0.5) is 0 Å². The van der Waals surface area contributed by atoms with Crippen molar-refractivity contribution in [2.45, 2.75) is 11.4 Å². The van der Waals surface area contributed by atoms with E-state index in [9.17, 15) is 8.42 Å². The van der Waals surface area contributed by atoms with Crippen LogP contribution < -0.4 is 0 Å². The predicted molar refractivity (Wildman–Crippen MR) is 77.3 cm³/mol. The highest BCUT2D eigenvalue weighted by Gasteiger charge is 2.04. The maximum Gasteiger partial charge on any atom is 0.175 e. The van der Waals surface area contributed by atoms with Crippen LogP contribution in [0.5, 0.6) is 0 Å². The van der Waals surface area contributed by atoms with Crippen molar-refractivity contribution in [3.05, 3.63) is 65.7 Å². The molecule has 2 aromatic rings. The second-order valence-corrected chi connectivity index (χ2v) is 6.31. The van der Waals surface area contributed by atoms with E-state index >= 15 is 0 Å². The Morgan fingerprint density at radius 1 is 1.00 bits per heavy atom. The lowest BCUT2D eigenvalue weighted by atomic mass is 10.2. The van der Waals surface area contributed by atoms with Crippen LogP contribution >= 0.6 is 0 Å². The largest absolute Gasteiger partial charge is 0.288 e. The van der Waals surface area contributed by atoms with Gasteiger partial charge in [0.2, 0.25) is 0 Å². The molecule has 0 heterocycles. The molecule has 2 rings (SSSR count). The lowest BCUT2D eigenvalue weighted by Gasteiger charge is -1.99. The Balaban J connectivity index is 2.04. The van der Waals surface area contributed by atoms with Gasteiger partial charge in [0, 0.05) is 12.5 Å². The van der Waals surface area contributed by atoms with E-state index in [1.165, 1.54) is 6.26 Å². The maximum absolute atomic E-state index is 11.3. The number of sulfone groups is 1. The number of aliphatic imine (C=N–C) groups is 1. The third kappa shape index (κ3) is 4.03. The number of benzene rings is 2. The fourth-order valence-electron chi connectivity index (χ4n) is 1.64. The Morgan fingerprint density at radius 3 is 2.21 bits per heavy atom. The van der Waals surface area contributed by atoms with Crippen molar-refractivity contribution in [2.75, 3.05) is 6.26 Å². The lowest BCUT2D eigenvalue weighted by molar-refractivity contribution is 0.602. The monoisotopic (exact) mass is 273 g/mol. The summed E-state index contributed by atoms with van der Waals surface area (Å²) in [7, 11) is -3.13. The van der Waals surface area contributed by atoms with Crippen molar-refractivity contribution in [1.82, 2.24) is 0 Å². The van der Waals surface area contributed by atoms with E-state index < -0.39 is 9.84 Å². The zero-order valence-electron chi connectivity index (χ0n) is 10.7. The number of rotatable bonds is 4. The minimum Gasteiger partial charge on any atom is -0.288 e. The van der Waals surface area contributed by atoms with Gasteiger partial charge < -0.3 is 0 Å². The Bertz CT molecular complexity index is 659. The van der Waals surface area contributed by atoms with E-state index in [4.69, 9.17) is 0 Å². The van der Waals surface area contributed by atoms with E-state index in [2.05, 4.69) is 4.99 Å². The molecule has 0 N–H and O–H groups in total. The van der Waals surface area contributed by atoms with E-state index in [1.54, 1.807) is 30.5 Å². The van der Waals surface area contributed by atoms with Gasteiger partial charge in [0.1, 0.15) is 0 Å². The molecule has 0 aliphatic carbocycles. The standard InChI is InChI=1S/C15H15NO2S/c1-19(17,18)15-9-7-14(8-10-15)12-16-11-13-5-3-2-4-6-13/h2-10,12H,11H2,1H3. The van der Waals surface area contributed by atoms with Crippen molar-refractivity contribution >= 4 is 16.1 Å². The smallest absolute Gasteiger partial charge is 0.175 e. The Morgan fingerprint density at radius 2 is 1.63 bits per heavy atom. The summed E-state index contributed by atoms with van der Waals surface area (Å²) in [6.07, 6.45) is 2.95. The predicted octanol–water partition coefficient (Wildman–Crippen LogP) is 2.71. The van der Waals surface area contributed by atoms with Crippen LogP contribution in [0.3, 0.4) is 0 Å². The molecule has 0 saturated carbocycles. The van der Waals surface area contributed by atoms with Gasteiger partial charge in [0.25, 0.3) is 0 Å². The zero-order chi connectivity index (χ0) is 13.7. The average Bonchev–Trinajstić information content (AvgIpc) is 2.39. The van der Waals surface area contributed by atoms with Gasteiger partial charge in [-0.1, -0.05) is 42.5 Å². The molecule has 4 heteroatoms. The third-order valence-corrected chi connectivity index (χ3v) is 3.79. The molecular weight excluding hydrogens is 258 g/mol. The minimum absolute atomic E-state index is 0.327. The molecule has 0 unspecified atom stereocenters. The van der Waals surface area contributed by atoms with Gasteiger partial charge in [-0.15, -0.1) is 0 Å². The first-order valence-electron chi connectivity index (χ1n) is 5.89. The number of hydrogen-bond acceptors (Lipinski definition) is 3. The highest BCUT2D eigenvalue weighted by molar-refractivity contribution is 7.90. The second-order valence-electron chi connectivity index (χ2n) is 4.30. The summed E-state index contributed by atoms with van der Waals surface area (Å²) in [5.74, 6) is 0. The summed E-state index contributed by atoms with van der Waals surface area (Å²) < 4.78 is 22.6. The molecule has 0 aromatic heterocycles. The van der Waals surface area contributed by atoms with Crippen LogP contribution in [-0.4, -0.2) is 20.9 Å². The molecule has 3 nitrogen and oxygen atoms in total. The summed E-state index contributed by atoms with van der Waals surface area (Å²) in [5.41, 5.74) is 2.04. The van der Waals surface area contributed by atoms with Crippen LogP contribution in [0.2, 0.25) is 0 Å². The molecule has 98 valence electrons. The topological polar surface area (TPSA) is 46.5 Å². The molecule has 0 fully saturated rings. The Hall–Kier alpha value is -1.94. The van der Waals surface area contributed by atoms with Gasteiger partial charge >= 0.3 is 0 Å². The minimum atomic E-state index is -3.13. The van der Waals surface area contributed by atoms with Crippen molar-refractivity contribution in [1.29, 1.82) is 0 Å². The van der Waals surface area contributed by atoms with Crippen LogP contribution in [-0.2, 0) is 16.4 Å². The normalized spacial score (nSPS) is 11.8. The average molecular weight is 273 g/mol. The zero-order valence-corrected chi connectivity index (χ0v) is 11.5. The molecule has 0 spiro atoms. The third-order valence-electron chi connectivity index (χ3n) is 2.67. The highest BCUT2D eigenvalue weighted by atomic mass is 32.2. The first kappa shape index (κ1) is 13.5. The van der Waals surface area contributed by atoms with Crippen molar-refractivity contribution < 1.29 is 8.42 Å². The number of hydrogen-bond donors (Lipinski definition) is 0. The van der Waals surface area contributed by atoms with Crippen LogP contribution in [0, 0.1) is 0 Å². The SMILES string of the molecule is CS(=O)(=O)c1ccc(C=NCc2ccccc2)cc1. The molecule has 0 bridgehead atoms. The van der Waals surface area contributed by atoms with E-state index in [0.29, 0.717) is 11.4 Å². The van der Waals surface area contributed by atoms with Gasteiger partial charge in [0.15, 0.2) is 9.84 Å². The summed E-state index contributed by atoms with van der Waals surface area (Å²) in [6, 6.07) is 16.7. The molecule has 0 aliphatic rings. The van der Waals surface area contributed by atoms with Gasteiger partial charge in [-0.2, -0.15) is 0 Å². The molecule has 0 saturated heterocycles. The molecule has 2 aromatic carbocycles. The Kier molecular flexibility index (Phi) is 4.12. The fourth-order valence-corrected chi connectivity index (χ4v) is 2.27. The summed E-state index contributed by atoms with van der Waals surface area (Å²) >= 11 is 0. The van der Waals surface area contributed by atoms with Crippen molar-refractivity contribution in [2.24, 2.45) is 4.99 Å². The van der Waals surface area contributed by atoms with Crippen LogP contribution in [0.15, 0.2) is 64.5 Å². The van der Waals surface area contributed by atoms with Crippen LogP contribution in [0.25, 0.3) is 0 Å². The molecule has 0 atom stereocenters. The first-order chi connectivity index (χ1) is 9.05. The summed E-state index contributed by atoms with van der Waals surface area (Å²) in [5, 5.41) is 0. The van der Waals surface area contributed by atoms with E-state index in [0.717, 1.165) is 11.1 Å². The maximum atomic E-state index is 11.3. The lowest BCUT2D eigenvalue weighted by Crippen LogP contribution is -1.96. The van der Waals surface area contributed by atoms with E-state index in [1.807, 2.05) is 30.3 Å². The summed E-state index contributed by atoms with van der Waals surface area (Å²) in [4.78, 5) is 4.66. The van der Waals surface area contributed by atoms with Crippen LogP contribution in [0.1, 0.15) is 11.1 Å². The molecule has 19 heavy (non-hydrogen) atoms. The van der Waals surface area contributed by atoms with Gasteiger partial charge in [-0.05, 0) is 23.3 Å². The van der Waals surface area contributed by atoms with E-state index in [-0.39, 0.29) is 0 Å². The molecule has 0 radical (unpaired) electrons. The van der Waals surface area contributed by atoms with Gasteiger partial charge in [-0.25, -0.2) is 8.42 Å². The molecular formula is C15H15NO2S. The number of nitrogens with zero attached hydrogens (tertiary/aromatic N) is 1. The van der Waals surface area contributed by atoms with Gasteiger partial charge in [0.05, 0.1) is 11.4 Å². The second kappa shape index (κ2) is 5.80. The molecule has 0 amide bonds. The van der Waals surface area contributed by atoms with Gasteiger partial charge in [-0.3, -0.25) is 4.99 Å². The highest BCUT2D eigenvalue weighted by Crippen LogP contribution is 2.09. The Labute approximate surface area is 113 Å². The summed E-state index contributed by atoms with van der Waals surface area (Å²) in [6.45, 7) is 0.620. The first-order valence-corrected chi connectivity index (χ1v) is 7.79. The molecule has 0 aliphatic heterocycles. The van der Waals surface area contributed by atoms with Crippen molar-refractivity contribution in [3.63, 3.8) is 0 Å². The quantitative estimate of drug-likeness (QED) is 0.804.